The molecule has 0 aliphatic heterocycles. The molecule has 0 saturated carbocycles. The van der Waals surface area contributed by atoms with Gasteiger partial charge in [0.15, 0.2) is 0 Å². The van der Waals surface area contributed by atoms with E-state index in [2.05, 4.69) is 53.1 Å². The smallest absolute Gasteiger partial charge is 0.128 e. The van der Waals surface area contributed by atoms with Gasteiger partial charge in [0.2, 0.25) is 0 Å². The van der Waals surface area contributed by atoms with Crippen molar-refractivity contribution in [1.82, 2.24) is 9.55 Å². The Kier molecular flexibility index (Phi) is 5.35. The molecule has 5 aromatic rings. The van der Waals surface area contributed by atoms with Crippen LogP contribution in [0.25, 0.3) is 11.0 Å². The first-order chi connectivity index (χ1) is 14.8. The fraction of sp³-hybridized carbons (Fsp3) is 0.0800. The highest BCUT2D eigenvalue weighted by Gasteiger charge is 2.24. The fourth-order valence-electron chi connectivity index (χ4n) is 3.57. The summed E-state index contributed by atoms with van der Waals surface area (Å²) in [6, 6.07) is 30.7. The van der Waals surface area contributed by atoms with Gasteiger partial charge in [0.1, 0.15) is 11.6 Å². The molecule has 0 aliphatic rings. The summed E-state index contributed by atoms with van der Waals surface area (Å²) in [6.07, 6.45) is 1.70. The maximum atomic E-state index is 6.34. The third kappa shape index (κ3) is 3.89. The average Bonchev–Trinajstić information content (AvgIpc) is 3.42. The monoisotopic (exact) mass is 430 g/mol. The van der Waals surface area contributed by atoms with Gasteiger partial charge in [-0.3, -0.25) is 0 Å². The summed E-state index contributed by atoms with van der Waals surface area (Å²) in [6.45, 7) is 0.595. The molecule has 5 rings (SSSR count). The van der Waals surface area contributed by atoms with E-state index < -0.39 is 0 Å². The molecular weight excluding hydrogens is 412 g/mol. The SMILES string of the molecule is Clc1ccc2nc(C(Sc3ccccc3)c3ccccc3)n(Cc3ccco3)c2c1. The van der Waals surface area contributed by atoms with Crippen molar-refractivity contribution in [3.05, 3.63) is 119 Å². The first-order valence-electron chi connectivity index (χ1n) is 9.72. The van der Waals surface area contributed by atoms with Crippen molar-refractivity contribution in [3.63, 3.8) is 0 Å². The Bertz CT molecular complexity index is 1250. The Hall–Kier alpha value is -2.95. The van der Waals surface area contributed by atoms with Crippen molar-refractivity contribution in [2.75, 3.05) is 0 Å². The van der Waals surface area contributed by atoms with Crippen LogP contribution in [0.15, 0.2) is 107 Å². The zero-order valence-electron chi connectivity index (χ0n) is 16.1. The average molecular weight is 431 g/mol. The number of fused-ring (bicyclic) bond motifs is 1. The van der Waals surface area contributed by atoms with E-state index in [9.17, 15) is 0 Å². The molecule has 0 N–H and O–H groups in total. The second kappa shape index (κ2) is 8.42. The van der Waals surface area contributed by atoms with Crippen LogP contribution >= 0.6 is 23.4 Å². The summed E-state index contributed by atoms with van der Waals surface area (Å²) in [5, 5.41) is 0.719. The van der Waals surface area contributed by atoms with Crippen molar-refractivity contribution >= 4 is 34.4 Å². The largest absolute Gasteiger partial charge is 0.467 e. The Labute approximate surface area is 184 Å². The second-order valence-corrected chi connectivity index (χ2v) is 8.61. The van der Waals surface area contributed by atoms with Gasteiger partial charge >= 0.3 is 0 Å². The standard InChI is InChI=1S/C25H19ClN2OS/c26-19-13-14-22-23(16-19)28(17-20-10-7-15-29-20)25(27-22)24(18-8-3-1-4-9-18)30-21-11-5-2-6-12-21/h1-16,24H,17H2. The molecule has 3 nitrogen and oxygen atoms in total. The van der Waals surface area contributed by atoms with E-state index >= 15 is 0 Å². The molecule has 5 heteroatoms. The summed E-state index contributed by atoms with van der Waals surface area (Å²) < 4.78 is 7.87. The van der Waals surface area contributed by atoms with Gasteiger partial charge in [-0.2, -0.15) is 0 Å². The third-order valence-electron chi connectivity index (χ3n) is 4.97. The zero-order chi connectivity index (χ0) is 20.3. The minimum absolute atomic E-state index is 0.0229. The molecule has 1 atom stereocenters. The van der Waals surface area contributed by atoms with Crippen LogP contribution in [0.3, 0.4) is 0 Å². The highest BCUT2D eigenvalue weighted by atomic mass is 35.5. The minimum atomic E-state index is 0.0229. The molecule has 0 radical (unpaired) electrons. The molecule has 0 fully saturated rings. The summed E-state index contributed by atoms with van der Waals surface area (Å²) in [7, 11) is 0. The Morgan fingerprint density at radius 2 is 1.67 bits per heavy atom. The lowest BCUT2D eigenvalue weighted by Crippen LogP contribution is -2.09. The van der Waals surface area contributed by atoms with Crippen LogP contribution in [-0.2, 0) is 6.54 Å². The number of benzene rings is 3. The third-order valence-corrected chi connectivity index (χ3v) is 6.47. The van der Waals surface area contributed by atoms with Crippen molar-refractivity contribution < 1.29 is 4.42 Å². The molecule has 3 aromatic carbocycles. The maximum Gasteiger partial charge on any atom is 0.128 e. The number of imidazole rings is 1. The molecule has 0 amide bonds. The molecule has 30 heavy (non-hydrogen) atoms. The lowest BCUT2D eigenvalue weighted by Gasteiger charge is -2.19. The van der Waals surface area contributed by atoms with E-state index in [0.717, 1.165) is 22.6 Å². The summed E-state index contributed by atoms with van der Waals surface area (Å²) in [5.41, 5.74) is 3.13. The van der Waals surface area contributed by atoms with Crippen LogP contribution in [0.4, 0.5) is 0 Å². The van der Waals surface area contributed by atoms with Gasteiger partial charge in [-0.15, -0.1) is 11.8 Å². The number of furan rings is 1. The van der Waals surface area contributed by atoms with Gasteiger partial charge in [-0.1, -0.05) is 60.1 Å². The van der Waals surface area contributed by atoms with Crippen LogP contribution in [0.1, 0.15) is 22.4 Å². The number of nitrogens with zero attached hydrogens (tertiary/aromatic N) is 2. The molecular formula is C25H19ClN2OS. The lowest BCUT2D eigenvalue weighted by atomic mass is 10.1. The molecule has 0 bridgehead atoms. The van der Waals surface area contributed by atoms with E-state index in [4.69, 9.17) is 21.0 Å². The van der Waals surface area contributed by atoms with Crippen LogP contribution < -0.4 is 0 Å². The van der Waals surface area contributed by atoms with Crippen LogP contribution in [-0.4, -0.2) is 9.55 Å². The van der Waals surface area contributed by atoms with Crippen molar-refractivity contribution in [2.24, 2.45) is 0 Å². The van der Waals surface area contributed by atoms with E-state index in [1.807, 2.05) is 42.5 Å². The normalized spacial score (nSPS) is 12.3. The van der Waals surface area contributed by atoms with Crippen molar-refractivity contribution in [2.45, 2.75) is 16.7 Å². The zero-order valence-corrected chi connectivity index (χ0v) is 17.7. The van der Waals surface area contributed by atoms with E-state index in [1.54, 1.807) is 18.0 Å². The van der Waals surface area contributed by atoms with Gasteiger partial charge in [-0.25, -0.2) is 4.98 Å². The number of halogens is 1. The van der Waals surface area contributed by atoms with Gasteiger partial charge in [0.05, 0.1) is 29.1 Å². The Morgan fingerprint density at radius 1 is 0.900 bits per heavy atom. The molecule has 0 spiro atoms. The van der Waals surface area contributed by atoms with Gasteiger partial charge in [0, 0.05) is 9.92 Å². The highest BCUT2D eigenvalue weighted by Crippen LogP contribution is 2.41. The molecule has 0 aliphatic carbocycles. The fourth-order valence-corrected chi connectivity index (χ4v) is 4.90. The quantitative estimate of drug-likeness (QED) is 0.266. The summed E-state index contributed by atoms with van der Waals surface area (Å²) in [5.74, 6) is 1.86. The van der Waals surface area contributed by atoms with Gasteiger partial charge < -0.3 is 8.98 Å². The first-order valence-corrected chi connectivity index (χ1v) is 11.0. The number of thioether (sulfide) groups is 1. The Balaban J connectivity index is 1.68. The molecule has 2 heterocycles. The van der Waals surface area contributed by atoms with E-state index in [1.165, 1.54) is 10.5 Å². The first kappa shape index (κ1) is 19.0. The summed E-state index contributed by atoms with van der Waals surface area (Å²) >= 11 is 8.13. The highest BCUT2D eigenvalue weighted by molar-refractivity contribution is 7.99. The minimum Gasteiger partial charge on any atom is -0.467 e. The number of rotatable bonds is 6. The van der Waals surface area contributed by atoms with Crippen molar-refractivity contribution in [3.8, 4) is 0 Å². The van der Waals surface area contributed by atoms with Crippen LogP contribution in [0.5, 0.6) is 0 Å². The maximum absolute atomic E-state index is 6.34. The van der Waals surface area contributed by atoms with E-state index in [0.29, 0.717) is 11.6 Å². The van der Waals surface area contributed by atoms with Crippen LogP contribution in [0.2, 0.25) is 5.02 Å². The topological polar surface area (TPSA) is 31.0 Å². The van der Waals surface area contributed by atoms with Crippen molar-refractivity contribution in [1.29, 1.82) is 0 Å². The van der Waals surface area contributed by atoms with Crippen LogP contribution in [0, 0.1) is 0 Å². The predicted octanol–water partition coefficient (Wildman–Crippen LogP) is 7.21. The molecule has 2 aromatic heterocycles. The number of hydrogen-bond donors (Lipinski definition) is 0. The van der Waals surface area contributed by atoms with Gasteiger partial charge in [-0.05, 0) is 48.0 Å². The lowest BCUT2D eigenvalue weighted by molar-refractivity contribution is 0.492. The number of aromatic nitrogens is 2. The Morgan fingerprint density at radius 3 is 2.40 bits per heavy atom. The number of hydrogen-bond acceptors (Lipinski definition) is 3. The molecule has 1 unspecified atom stereocenters. The summed E-state index contributed by atoms with van der Waals surface area (Å²) in [4.78, 5) is 6.24. The van der Waals surface area contributed by atoms with Gasteiger partial charge in [0.25, 0.3) is 0 Å². The van der Waals surface area contributed by atoms with E-state index in [-0.39, 0.29) is 5.25 Å². The molecule has 148 valence electrons. The second-order valence-electron chi connectivity index (χ2n) is 6.99. The predicted molar refractivity (Wildman–Crippen MR) is 123 cm³/mol. The molecule has 0 saturated heterocycles.